The number of rotatable bonds is 4. The summed E-state index contributed by atoms with van der Waals surface area (Å²) in [5.41, 5.74) is 0.826. The van der Waals surface area contributed by atoms with Gasteiger partial charge in [0.25, 0.3) is 5.91 Å². The molecule has 0 aromatic heterocycles. The van der Waals surface area contributed by atoms with Crippen molar-refractivity contribution in [3.63, 3.8) is 0 Å². The fourth-order valence-electron chi connectivity index (χ4n) is 1.91. The highest BCUT2D eigenvalue weighted by atomic mass is 35.5. The van der Waals surface area contributed by atoms with Crippen LogP contribution >= 0.6 is 35.4 Å². The first kappa shape index (κ1) is 18.3. The number of methoxy groups -OCH3 is 2. The van der Waals surface area contributed by atoms with Crippen LogP contribution in [0.25, 0.3) is 0 Å². The molecule has 2 aromatic rings. The standard InChI is InChI=1S/C16H14Cl2N2O3S/c1-22-10-4-6-14(23-2)13(8-10)19-16(24)20-15(21)11-5-3-9(17)7-12(11)18/h3-8H,1-2H3,(H2,19,20,21,24). The SMILES string of the molecule is COc1ccc(OC)c(NC(=S)NC(=O)c2ccc(Cl)cc2Cl)c1. The lowest BCUT2D eigenvalue weighted by Gasteiger charge is -2.14. The van der Waals surface area contributed by atoms with Gasteiger partial charge in [0.1, 0.15) is 11.5 Å². The van der Waals surface area contributed by atoms with Gasteiger partial charge in [0.2, 0.25) is 0 Å². The molecule has 0 saturated heterocycles. The minimum absolute atomic E-state index is 0.0950. The number of hydrogen-bond acceptors (Lipinski definition) is 4. The quantitative estimate of drug-likeness (QED) is 0.775. The molecule has 0 bridgehead atoms. The van der Waals surface area contributed by atoms with Crippen LogP contribution in [0, 0.1) is 0 Å². The minimum Gasteiger partial charge on any atom is -0.497 e. The maximum Gasteiger partial charge on any atom is 0.258 e. The molecule has 0 spiro atoms. The molecule has 0 atom stereocenters. The zero-order valence-corrected chi connectivity index (χ0v) is 15.2. The van der Waals surface area contributed by atoms with E-state index in [1.807, 2.05) is 0 Å². The van der Waals surface area contributed by atoms with E-state index in [-0.39, 0.29) is 15.7 Å². The van der Waals surface area contributed by atoms with Gasteiger partial charge in [-0.2, -0.15) is 0 Å². The Labute approximate surface area is 154 Å². The number of ether oxygens (including phenoxy) is 2. The van der Waals surface area contributed by atoms with Crippen LogP contribution in [0.15, 0.2) is 36.4 Å². The molecular formula is C16H14Cl2N2O3S. The van der Waals surface area contributed by atoms with Gasteiger partial charge in [0.05, 0.1) is 30.5 Å². The van der Waals surface area contributed by atoms with Gasteiger partial charge < -0.3 is 14.8 Å². The summed E-state index contributed by atoms with van der Waals surface area (Å²) in [6, 6.07) is 9.76. The van der Waals surface area contributed by atoms with E-state index in [0.717, 1.165) is 0 Å². The van der Waals surface area contributed by atoms with Crippen molar-refractivity contribution in [2.75, 3.05) is 19.5 Å². The monoisotopic (exact) mass is 384 g/mol. The summed E-state index contributed by atoms with van der Waals surface area (Å²) in [6.45, 7) is 0. The highest BCUT2D eigenvalue weighted by Crippen LogP contribution is 2.28. The summed E-state index contributed by atoms with van der Waals surface area (Å²) in [6.07, 6.45) is 0. The molecule has 5 nitrogen and oxygen atoms in total. The Morgan fingerprint density at radius 3 is 2.46 bits per heavy atom. The molecule has 0 aliphatic heterocycles. The molecule has 1 amide bonds. The normalized spacial score (nSPS) is 10.0. The maximum absolute atomic E-state index is 12.2. The molecule has 0 fully saturated rings. The average molecular weight is 385 g/mol. The Hall–Kier alpha value is -2.02. The summed E-state index contributed by atoms with van der Waals surface area (Å²) in [5, 5.41) is 6.22. The summed E-state index contributed by atoms with van der Waals surface area (Å²) in [5.74, 6) is 0.723. The third kappa shape index (κ3) is 4.50. The smallest absolute Gasteiger partial charge is 0.258 e. The summed E-state index contributed by atoms with van der Waals surface area (Å²) >= 11 is 17.0. The number of amides is 1. The number of halogens is 2. The molecule has 8 heteroatoms. The molecule has 0 radical (unpaired) electrons. The van der Waals surface area contributed by atoms with Crippen molar-refractivity contribution in [1.29, 1.82) is 0 Å². The van der Waals surface area contributed by atoms with Gasteiger partial charge in [0.15, 0.2) is 5.11 Å². The van der Waals surface area contributed by atoms with Crippen LogP contribution in [-0.2, 0) is 0 Å². The van der Waals surface area contributed by atoms with E-state index in [1.54, 1.807) is 31.4 Å². The van der Waals surface area contributed by atoms with E-state index in [9.17, 15) is 4.79 Å². The first-order chi connectivity index (χ1) is 11.4. The van der Waals surface area contributed by atoms with Gasteiger partial charge in [-0.15, -0.1) is 0 Å². The van der Waals surface area contributed by atoms with E-state index >= 15 is 0 Å². The van der Waals surface area contributed by atoms with Gasteiger partial charge in [-0.25, -0.2) is 0 Å². The third-order valence-electron chi connectivity index (χ3n) is 3.06. The number of carbonyl (C=O) groups excluding carboxylic acids is 1. The van der Waals surface area contributed by atoms with E-state index in [1.165, 1.54) is 19.2 Å². The number of anilines is 1. The number of hydrogen-bond donors (Lipinski definition) is 2. The Morgan fingerprint density at radius 2 is 1.83 bits per heavy atom. The van der Waals surface area contributed by atoms with E-state index in [0.29, 0.717) is 22.2 Å². The molecule has 0 aliphatic carbocycles. The Morgan fingerprint density at radius 1 is 1.08 bits per heavy atom. The average Bonchev–Trinajstić information content (AvgIpc) is 2.54. The lowest BCUT2D eigenvalue weighted by atomic mass is 10.2. The number of carbonyl (C=O) groups is 1. The molecule has 126 valence electrons. The van der Waals surface area contributed by atoms with Crippen molar-refractivity contribution in [1.82, 2.24) is 5.32 Å². The van der Waals surface area contributed by atoms with Crippen molar-refractivity contribution in [3.8, 4) is 11.5 Å². The predicted molar refractivity (Wildman–Crippen MR) is 99.7 cm³/mol. The lowest BCUT2D eigenvalue weighted by Crippen LogP contribution is -2.34. The fourth-order valence-corrected chi connectivity index (χ4v) is 2.61. The van der Waals surface area contributed by atoms with Crippen LogP contribution in [0.4, 0.5) is 5.69 Å². The highest BCUT2D eigenvalue weighted by molar-refractivity contribution is 7.80. The molecule has 0 heterocycles. The van der Waals surface area contributed by atoms with Crippen LogP contribution in [0.2, 0.25) is 10.0 Å². The first-order valence-corrected chi connectivity index (χ1v) is 7.90. The number of thiocarbonyl (C=S) groups is 1. The zero-order valence-electron chi connectivity index (χ0n) is 12.9. The fraction of sp³-hybridized carbons (Fsp3) is 0.125. The zero-order chi connectivity index (χ0) is 17.7. The summed E-state index contributed by atoms with van der Waals surface area (Å²) < 4.78 is 10.4. The van der Waals surface area contributed by atoms with Gasteiger partial charge >= 0.3 is 0 Å². The molecular weight excluding hydrogens is 371 g/mol. The highest BCUT2D eigenvalue weighted by Gasteiger charge is 2.13. The summed E-state index contributed by atoms with van der Waals surface area (Å²) in [4.78, 5) is 12.2. The lowest BCUT2D eigenvalue weighted by molar-refractivity contribution is 0.0978. The third-order valence-corrected chi connectivity index (χ3v) is 3.81. The van der Waals surface area contributed by atoms with Crippen molar-refractivity contribution in [2.24, 2.45) is 0 Å². The van der Waals surface area contributed by atoms with Crippen molar-refractivity contribution >= 4 is 52.1 Å². The summed E-state index contributed by atoms with van der Waals surface area (Å²) in [7, 11) is 3.08. The van der Waals surface area contributed by atoms with E-state index in [4.69, 9.17) is 44.9 Å². The second-order valence-corrected chi connectivity index (χ2v) is 5.85. The van der Waals surface area contributed by atoms with Crippen LogP contribution in [0.1, 0.15) is 10.4 Å². The molecule has 0 aliphatic rings. The molecule has 0 unspecified atom stereocenters. The van der Waals surface area contributed by atoms with Crippen LogP contribution in [-0.4, -0.2) is 25.2 Å². The second-order valence-electron chi connectivity index (χ2n) is 4.60. The molecule has 2 aromatic carbocycles. The van der Waals surface area contributed by atoms with Crippen LogP contribution in [0.5, 0.6) is 11.5 Å². The first-order valence-electron chi connectivity index (χ1n) is 6.74. The minimum atomic E-state index is -0.448. The number of nitrogens with one attached hydrogen (secondary N) is 2. The van der Waals surface area contributed by atoms with Crippen molar-refractivity contribution < 1.29 is 14.3 Å². The largest absolute Gasteiger partial charge is 0.497 e. The Balaban J connectivity index is 2.12. The van der Waals surface area contributed by atoms with Crippen molar-refractivity contribution in [2.45, 2.75) is 0 Å². The van der Waals surface area contributed by atoms with E-state index < -0.39 is 5.91 Å². The van der Waals surface area contributed by atoms with Gasteiger partial charge in [-0.3, -0.25) is 10.1 Å². The van der Waals surface area contributed by atoms with Crippen LogP contribution < -0.4 is 20.1 Å². The Bertz CT molecular complexity index is 784. The number of benzene rings is 2. The van der Waals surface area contributed by atoms with Gasteiger partial charge in [-0.1, -0.05) is 23.2 Å². The van der Waals surface area contributed by atoms with Crippen molar-refractivity contribution in [3.05, 3.63) is 52.0 Å². The predicted octanol–water partition coefficient (Wildman–Crippen LogP) is 4.14. The second kappa shape index (κ2) is 8.19. The molecule has 2 rings (SSSR count). The maximum atomic E-state index is 12.2. The van der Waals surface area contributed by atoms with Crippen LogP contribution in [0.3, 0.4) is 0 Å². The molecule has 2 N–H and O–H groups in total. The topological polar surface area (TPSA) is 59.6 Å². The van der Waals surface area contributed by atoms with Gasteiger partial charge in [-0.05, 0) is 42.5 Å². The molecule has 24 heavy (non-hydrogen) atoms. The Kier molecular flexibility index (Phi) is 6.25. The molecule has 0 saturated carbocycles. The van der Waals surface area contributed by atoms with E-state index in [2.05, 4.69) is 10.6 Å². The van der Waals surface area contributed by atoms with Gasteiger partial charge in [0, 0.05) is 11.1 Å².